The number of nitrogens with zero attached hydrogens (tertiary/aromatic N) is 1. The van der Waals surface area contributed by atoms with Crippen molar-refractivity contribution in [2.45, 2.75) is 6.54 Å². The van der Waals surface area contributed by atoms with Gasteiger partial charge in [0.1, 0.15) is 0 Å². The number of carbonyl (C=O) groups excluding carboxylic acids is 1. The van der Waals surface area contributed by atoms with Crippen molar-refractivity contribution in [3.05, 3.63) is 29.0 Å². The zero-order valence-corrected chi connectivity index (χ0v) is 6.51. The second-order valence-corrected chi connectivity index (χ2v) is 2.40. The van der Waals surface area contributed by atoms with Crippen LogP contribution < -0.4 is 5.32 Å². The summed E-state index contributed by atoms with van der Waals surface area (Å²) in [5, 5.41) is 3.12. The van der Waals surface area contributed by atoms with Gasteiger partial charge in [0.15, 0.2) is 0 Å². The van der Waals surface area contributed by atoms with Crippen LogP contribution in [0.5, 0.6) is 0 Å². The first-order valence-electron chi connectivity index (χ1n) is 3.10. The van der Waals surface area contributed by atoms with Crippen LogP contribution in [0.3, 0.4) is 0 Å². The molecule has 11 heavy (non-hydrogen) atoms. The topological polar surface area (TPSA) is 42.0 Å². The normalized spacial score (nSPS) is 9.18. The Morgan fingerprint density at radius 2 is 2.55 bits per heavy atom. The number of halogens is 1. The first-order chi connectivity index (χ1) is 5.33. The third-order valence-corrected chi connectivity index (χ3v) is 1.38. The molecule has 0 aliphatic carbocycles. The molecular weight excluding hydrogens is 164 g/mol. The second-order valence-electron chi connectivity index (χ2n) is 1.96. The first kappa shape index (κ1) is 8.01. The summed E-state index contributed by atoms with van der Waals surface area (Å²) in [4.78, 5) is 13.9. The number of hydrogen-bond donors (Lipinski definition) is 1. The molecule has 0 saturated carbocycles. The van der Waals surface area contributed by atoms with Gasteiger partial charge in [0.2, 0.25) is 6.41 Å². The Bertz CT molecular complexity index is 252. The smallest absolute Gasteiger partial charge is 0.207 e. The lowest BCUT2D eigenvalue weighted by molar-refractivity contribution is -0.109. The molecule has 0 saturated heterocycles. The van der Waals surface area contributed by atoms with Gasteiger partial charge in [-0.15, -0.1) is 0 Å². The number of amides is 1. The molecule has 58 valence electrons. The van der Waals surface area contributed by atoms with E-state index in [4.69, 9.17) is 11.6 Å². The van der Waals surface area contributed by atoms with E-state index >= 15 is 0 Å². The molecule has 0 aliphatic heterocycles. The van der Waals surface area contributed by atoms with Crippen LogP contribution in [0.4, 0.5) is 0 Å². The third kappa shape index (κ3) is 2.55. The Labute approximate surface area is 69.4 Å². The van der Waals surface area contributed by atoms with E-state index in [0.29, 0.717) is 18.0 Å². The Morgan fingerprint density at radius 1 is 1.73 bits per heavy atom. The summed E-state index contributed by atoms with van der Waals surface area (Å²) in [5.41, 5.74) is 0.754. The van der Waals surface area contributed by atoms with Gasteiger partial charge in [-0.2, -0.15) is 0 Å². The van der Waals surface area contributed by atoms with E-state index < -0.39 is 0 Å². The maximum atomic E-state index is 9.89. The average Bonchev–Trinajstić information content (AvgIpc) is 2.01. The van der Waals surface area contributed by atoms with Crippen molar-refractivity contribution in [2.24, 2.45) is 0 Å². The molecule has 0 bridgehead atoms. The minimum absolute atomic E-state index is 0.421. The van der Waals surface area contributed by atoms with Gasteiger partial charge in [-0.05, 0) is 12.1 Å². The van der Waals surface area contributed by atoms with E-state index in [-0.39, 0.29) is 0 Å². The van der Waals surface area contributed by atoms with Crippen LogP contribution in [0.2, 0.25) is 5.02 Å². The third-order valence-electron chi connectivity index (χ3n) is 1.15. The van der Waals surface area contributed by atoms with Gasteiger partial charge in [-0.1, -0.05) is 11.6 Å². The quantitative estimate of drug-likeness (QED) is 0.688. The predicted molar refractivity (Wildman–Crippen MR) is 42.2 cm³/mol. The fraction of sp³-hybridized carbons (Fsp3) is 0.143. The summed E-state index contributed by atoms with van der Waals surface area (Å²) in [6.45, 7) is 0.421. The molecule has 4 heteroatoms. The van der Waals surface area contributed by atoms with Gasteiger partial charge in [0.05, 0.1) is 12.2 Å². The van der Waals surface area contributed by atoms with E-state index in [0.717, 1.165) is 5.69 Å². The van der Waals surface area contributed by atoms with E-state index in [9.17, 15) is 4.79 Å². The van der Waals surface area contributed by atoms with Crippen molar-refractivity contribution in [1.29, 1.82) is 0 Å². The molecule has 1 rings (SSSR count). The molecule has 0 aromatic carbocycles. The SMILES string of the molecule is O=CNCc1cc(Cl)ccn1. The zero-order valence-electron chi connectivity index (χ0n) is 5.75. The minimum atomic E-state index is 0.421. The van der Waals surface area contributed by atoms with Crippen molar-refractivity contribution in [3.63, 3.8) is 0 Å². The molecule has 3 nitrogen and oxygen atoms in total. The lowest BCUT2D eigenvalue weighted by Crippen LogP contribution is -2.10. The van der Waals surface area contributed by atoms with Gasteiger partial charge in [-0.3, -0.25) is 9.78 Å². The van der Waals surface area contributed by atoms with Gasteiger partial charge in [-0.25, -0.2) is 0 Å². The van der Waals surface area contributed by atoms with Crippen molar-refractivity contribution in [1.82, 2.24) is 10.3 Å². The Morgan fingerprint density at radius 3 is 3.18 bits per heavy atom. The van der Waals surface area contributed by atoms with Crippen LogP contribution in [0, 0.1) is 0 Å². The van der Waals surface area contributed by atoms with E-state index in [1.165, 1.54) is 0 Å². The fourth-order valence-electron chi connectivity index (χ4n) is 0.692. The summed E-state index contributed by atoms with van der Waals surface area (Å²) < 4.78 is 0. The molecule has 1 N–H and O–H groups in total. The highest BCUT2D eigenvalue weighted by atomic mass is 35.5. The monoisotopic (exact) mass is 170 g/mol. The summed E-state index contributed by atoms with van der Waals surface area (Å²) in [6.07, 6.45) is 2.23. The van der Waals surface area contributed by atoms with Crippen LogP contribution in [-0.2, 0) is 11.3 Å². The van der Waals surface area contributed by atoms with Crippen LogP contribution in [0.25, 0.3) is 0 Å². The van der Waals surface area contributed by atoms with Crippen molar-refractivity contribution in [3.8, 4) is 0 Å². The van der Waals surface area contributed by atoms with Gasteiger partial charge < -0.3 is 5.32 Å². The standard InChI is InChI=1S/C7H7ClN2O/c8-6-1-2-10-7(3-6)4-9-5-11/h1-3,5H,4H2,(H,9,11). The summed E-state index contributed by atoms with van der Waals surface area (Å²) in [6, 6.07) is 3.39. The zero-order chi connectivity index (χ0) is 8.10. The van der Waals surface area contributed by atoms with Crippen LogP contribution >= 0.6 is 11.6 Å². The highest BCUT2D eigenvalue weighted by Gasteiger charge is 1.92. The Balaban J connectivity index is 2.63. The molecule has 0 spiro atoms. The fourth-order valence-corrected chi connectivity index (χ4v) is 0.874. The largest absolute Gasteiger partial charge is 0.353 e. The van der Waals surface area contributed by atoms with Crippen molar-refractivity contribution >= 4 is 18.0 Å². The van der Waals surface area contributed by atoms with Gasteiger partial charge in [0, 0.05) is 11.2 Å². The molecule has 1 aromatic rings. The molecule has 0 unspecified atom stereocenters. The number of nitrogens with one attached hydrogen (secondary N) is 1. The molecule has 1 heterocycles. The van der Waals surface area contributed by atoms with E-state index in [2.05, 4.69) is 10.3 Å². The highest BCUT2D eigenvalue weighted by molar-refractivity contribution is 6.30. The summed E-state index contributed by atoms with van der Waals surface area (Å²) in [5.74, 6) is 0. The van der Waals surface area contributed by atoms with E-state index in [1.807, 2.05) is 0 Å². The lowest BCUT2D eigenvalue weighted by atomic mass is 10.3. The molecule has 1 amide bonds. The molecule has 1 aromatic heterocycles. The predicted octanol–water partition coefficient (Wildman–Crippen LogP) is 0.981. The lowest BCUT2D eigenvalue weighted by Gasteiger charge is -1.97. The minimum Gasteiger partial charge on any atom is -0.353 e. The van der Waals surface area contributed by atoms with Crippen molar-refractivity contribution in [2.75, 3.05) is 0 Å². The molecule has 0 atom stereocenters. The number of hydrogen-bond acceptors (Lipinski definition) is 2. The number of rotatable bonds is 3. The molecule has 0 fully saturated rings. The van der Waals surface area contributed by atoms with Crippen molar-refractivity contribution < 1.29 is 4.79 Å². The van der Waals surface area contributed by atoms with Crippen LogP contribution in [-0.4, -0.2) is 11.4 Å². The first-order valence-corrected chi connectivity index (χ1v) is 3.48. The summed E-state index contributed by atoms with van der Waals surface area (Å²) in [7, 11) is 0. The van der Waals surface area contributed by atoms with Crippen LogP contribution in [0.15, 0.2) is 18.3 Å². The van der Waals surface area contributed by atoms with Gasteiger partial charge >= 0.3 is 0 Å². The Kier molecular flexibility index (Phi) is 2.86. The number of pyridine rings is 1. The Hall–Kier alpha value is -1.09. The maximum Gasteiger partial charge on any atom is 0.207 e. The molecular formula is C7H7ClN2O. The van der Waals surface area contributed by atoms with Crippen LogP contribution in [0.1, 0.15) is 5.69 Å². The average molecular weight is 171 g/mol. The second kappa shape index (κ2) is 3.93. The molecule has 0 aliphatic rings. The molecule has 0 radical (unpaired) electrons. The number of aromatic nitrogens is 1. The van der Waals surface area contributed by atoms with Gasteiger partial charge in [0.25, 0.3) is 0 Å². The number of carbonyl (C=O) groups is 1. The maximum absolute atomic E-state index is 9.89. The highest BCUT2D eigenvalue weighted by Crippen LogP contribution is 2.06. The summed E-state index contributed by atoms with van der Waals surface area (Å²) >= 11 is 5.67. The van der Waals surface area contributed by atoms with E-state index in [1.54, 1.807) is 18.3 Å².